The Balaban J connectivity index is 2.30. The fraction of sp³-hybridized carbons (Fsp3) is 0.176. The predicted octanol–water partition coefficient (Wildman–Crippen LogP) is 2.99. The van der Waals surface area contributed by atoms with Crippen molar-refractivity contribution in [1.82, 2.24) is 10.3 Å². The minimum absolute atomic E-state index is 0.00209. The van der Waals surface area contributed by atoms with Crippen LogP contribution in [0.3, 0.4) is 0 Å². The van der Waals surface area contributed by atoms with E-state index in [0.29, 0.717) is 6.54 Å². The molecule has 0 spiro atoms. The van der Waals surface area contributed by atoms with E-state index in [1.165, 1.54) is 0 Å². The van der Waals surface area contributed by atoms with E-state index in [-0.39, 0.29) is 5.91 Å². The van der Waals surface area contributed by atoms with Crippen molar-refractivity contribution in [3.8, 4) is 11.1 Å². The average molecular weight is 264 g/mol. The third-order valence-corrected chi connectivity index (χ3v) is 3.71. The van der Waals surface area contributed by atoms with Crippen LogP contribution in [0.4, 0.5) is 0 Å². The molecule has 2 aromatic rings. The molecule has 1 aromatic heterocycles. The van der Waals surface area contributed by atoms with E-state index in [1.807, 2.05) is 19.1 Å². The molecule has 0 aliphatic carbocycles. The summed E-state index contributed by atoms with van der Waals surface area (Å²) in [5.74, 6) is -0.00209. The zero-order valence-corrected chi connectivity index (χ0v) is 11.4. The van der Waals surface area contributed by atoms with Crippen molar-refractivity contribution in [2.45, 2.75) is 13.3 Å². The summed E-state index contributed by atoms with van der Waals surface area (Å²) >= 11 is 0. The van der Waals surface area contributed by atoms with E-state index >= 15 is 0 Å². The van der Waals surface area contributed by atoms with Gasteiger partial charge in [0, 0.05) is 29.6 Å². The number of hydrogen-bond acceptors (Lipinski definition) is 2. The highest BCUT2D eigenvalue weighted by molar-refractivity contribution is 5.99. The van der Waals surface area contributed by atoms with E-state index < -0.39 is 0 Å². The van der Waals surface area contributed by atoms with Crippen LogP contribution in [-0.2, 0) is 6.42 Å². The van der Waals surface area contributed by atoms with Crippen LogP contribution in [0.25, 0.3) is 17.2 Å². The lowest BCUT2D eigenvalue weighted by Crippen LogP contribution is -2.32. The fourth-order valence-electron chi connectivity index (χ4n) is 2.69. The van der Waals surface area contributed by atoms with Gasteiger partial charge in [-0.25, -0.2) is 0 Å². The summed E-state index contributed by atoms with van der Waals surface area (Å²) in [6.45, 7) is 6.49. The van der Waals surface area contributed by atoms with Crippen LogP contribution < -0.4 is 5.32 Å². The first-order valence-electron chi connectivity index (χ1n) is 6.70. The first kappa shape index (κ1) is 12.6. The normalized spacial score (nSPS) is 13.6. The summed E-state index contributed by atoms with van der Waals surface area (Å²) in [7, 11) is 0. The first-order chi connectivity index (χ1) is 9.70. The van der Waals surface area contributed by atoms with Crippen LogP contribution in [0.5, 0.6) is 0 Å². The second-order valence-corrected chi connectivity index (χ2v) is 4.94. The number of nitrogens with one attached hydrogen (secondary N) is 1. The van der Waals surface area contributed by atoms with Crippen LogP contribution >= 0.6 is 0 Å². The lowest BCUT2D eigenvalue weighted by Gasteiger charge is -2.21. The molecule has 1 amide bonds. The molecule has 0 radical (unpaired) electrons. The Labute approximate surface area is 118 Å². The van der Waals surface area contributed by atoms with Gasteiger partial charge in [-0.05, 0) is 48.2 Å². The van der Waals surface area contributed by atoms with Crippen molar-refractivity contribution in [2.75, 3.05) is 6.54 Å². The van der Waals surface area contributed by atoms with Crippen molar-refractivity contribution >= 4 is 12.0 Å². The van der Waals surface area contributed by atoms with Crippen molar-refractivity contribution in [3.05, 3.63) is 59.4 Å². The molecule has 1 aliphatic heterocycles. The molecular formula is C17H16N2O. The molecular weight excluding hydrogens is 248 g/mol. The third kappa shape index (κ3) is 2.01. The standard InChI is InChI=1S/C17H16N2O/c1-3-12-9-15(13-5-4-7-18-11(13)2)14-6-8-19-17(20)16(14)10-12/h3-5,7,9-10H,1,6,8H2,2H3,(H,19,20). The number of carbonyl (C=O) groups is 1. The molecule has 100 valence electrons. The maximum atomic E-state index is 12.1. The van der Waals surface area contributed by atoms with Crippen molar-refractivity contribution in [2.24, 2.45) is 0 Å². The monoisotopic (exact) mass is 264 g/mol. The van der Waals surface area contributed by atoms with Crippen molar-refractivity contribution in [3.63, 3.8) is 0 Å². The van der Waals surface area contributed by atoms with E-state index in [0.717, 1.165) is 39.9 Å². The van der Waals surface area contributed by atoms with Crippen molar-refractivity contribution < 1.29 is 4.79 Å². The Morgan fingerprint density at radius 1 is 1.30 bits per heavy atom. The summed E-state index contributed by atoms with van der Waals surface area (Å²) in [5, 5.41) is 2.89. The molecule has 3 rings (SSSR count). The van der Waals surface area contributed by atoms with Crippen LogP contribution in [0.15, 0.2) is 37.0 Å². The quantitative estimate of drug-likeness (QED) is 0.906. The largest absolute Gasteiger partial charge is 0.352 e. The summed E-state index contributed by atoms with van der Waals surface area (Å²) in [5.41, 5.74) is 5.98. The third-order valence-electron chi connectivity index (χ3n) is 3.71. The number of carbonyl (C=O) groups excluding carboxylic acids is 1. The molecule has 3 nitrogen and oxygen atoms in total. The average Bonchev–Trinajstić information content (AvgIpc) is 2.47. The minimum Gasteiger partial charge on any atom is -0.352 e. The van der Waals surface area contributed by atoms with Gasteiger partial charge in [0.05, 0.1) is 0 Å². The molecule has 2 heterocycles. The Kier molecular flexibility index (Phi) is 3.11. The number of hydrogen-bond donors (Lipinski definition) is 1. The fourth-order valence-corrected chi connectivity index (χ4v) is 2.69. The molecule has 3 heteroatoms. The van der Waals surface area contributed by atoms with E-state index in [4.69, 9.17) is 0 Å². The van der Waals surface area contributed by atoms with Crippen molar-refractivity contribution in [1.29, 1.82) is 0 Å². The zero-order valence-electron chi connectivity index (χ0n) is 11.4. The van der Waals surface area contributed by atoms with Gasteiger partial charge in [0.2, 0.25) is 0 Å². The number of nitrogens with zero attached hydrogens (tertiary/aromatic N) is 1. The Bertz CT molecular complexity index is 704. The SMILES string of the molecule is C=Cc1cc2c(c(-c3cccnc3C)c1)CCNC2=O. The lowest BCUT2D eigenvalue weighted by atomic mass is 9.88. The van der Waals surface area contributed by atoms with Gasteiger partial charge in [-0.3, -0.25) is 9.78 Å². The molecule has 1 N–H and O–H groups in total. The summed E-state index contributed by atoms with van der Waals surface area (Å²) in [4.78, 5) is 16.4. The molecule has 0 saturated carbocycles. The predicted molar refractivity (Wildman–Crippen MR) is 80.5 cm³/mol. The molecule has 0 bridgehead atoms. The van der Waals surface area contributed by atoms with E-state index in [9.17, 15) is 4.79 Å². The second-order valence-electron chi connectivity index (χ2n) is 4.94. The van der Waals surface area contributed by atoms with E-state index in [1.54, 1.807) is 12.3 Å². The highest BCUT2D eigenvalue weighted by atomic mass is 16.1. The van der Waals surface area contributed by atoms with Gasteiger partial charge < -0.3 is 5.32 Å². The highest BCUT2D eigenvalue weighted by Crippen LogP contribution is 2.31. The number of aromatic nitrogens is 1. The zero-order chi connectivity index (χ0) is 14.1. The number of amides is 1. The molecule has 20 heavy (non-hydrogen) atoms. The highest BCUT2D eigenvalue weighted by Gasteiger charge is 2.21. The number of pyridine rings is 1. The number of fused-ring (bicyclic) bond motifs is 1. The Morgan fingerprint density at radius 3 is 2.85 bits per heavy atom. The van der Waals surface area contributed by atoms with Gasteiger partial charge in [-0.15, -0.1) is 0 Å². The van der Waals surface area contributed by atoms with Crippen LogP contribution in [0.2, 0.25) is 0 Å². The van der Waals surface area contributed by atoms with Crippen LogP contribution in [0, 0.1) is 6.92 Å². The van der Waals surface area contributed by atoms with Gasteiger partial charge in [0.15, 0.2) is 0 Å². The maximum absolute atomic E-state index is 12.1. The maximum Gasteiger partial charge on any atom is 0.251 e. The van der Waals surface area contributed by atoms with Gasteiger partial charge >= 0.3 is 0 Å². The smallest absolute Gasteiger partial charge is 0.251 e. The summed E-state index contributed by atoms with van der Waals surface area (Å²) in [6.07, 6.45) is 4.41. The summed E-state index contributed by atoms with van der Waals surface area (Å²) < 4.78 is 0. The molecule has 0 unspecified atom stereocenters. The molecule has 0 atom stereocenters. The van der Waals surface area contributed by atoms with Crippen LogP contribution in [0.1, 0.15) is 27.2 Å². The summed E-state index contributed by atoms with van der Waals surface area (Å²) in [6, 6.07) is 7.98. The van der Waals surface area contributed by atoms with Crippen LogP contribution in [-0.4, -0.2) is 17.4 Å². The topological polar surface area (TPSA) is 42.0 Å². The minimum atomic E-state index is -0.00209. The molecule has 1 aromatic carbocycles. The van der Waals surface area contributed by atoms with Gasteiger partial charge in [-0.1, -0.05) is 18.7 Å². The number of benzene rings is 1. The van der Waals surface area contributed by atoms with Gasteiger partial charge in [0.25, 0.3) is 5.91 Å². The molecule has 0 fully saturated rings. The number of rotatable bonds is 2. The Morgan fingerprint density at radius 2 is 2.10 bits per heavy atom. The molecule has 0 saturated heterocycles. The van der Waals surface area contributed by atoms with Gasteiger partial charge in [-0.2, -0.15) is 0 Å². The Hall–Kier alpha value is -2.42. The number of aryl methyl sites for hydroxylation is 1. The second kappa shape index (κ2) is 4.93. The van der Waals surface area contributed by atoms with E-state index in [2.05, 4.69) is 29.0 Å². The molecule has 1 aliphatic rings. The lowest BCUT2D eigenvalue weighted by molar-refractivity contribution is 0.0946. The van der Waals surface area contributed by atoms with Gasteiger partial charge in [0.1, 0.15) is 0 Å². The first-order valence-corrected chi connectivity index (χ1v) is 6.70.